The summed E-state index contributed by atoms with van der Waals surface area (Å²) in [5, 5.41) is 23.9. The Balaban J connectivity index is 1.34. The molecule has 4 saturated carbocycles. The number of nitrogens with zero attached hydrogens (tertiary/aromatic N) is 3. The molecule has 7 heteroatoms. The van der Waals surface area contributed by atoms with Crippen LogP contribution in [0.25, 0.3) is 0 Å². The summed E-state index contributed by atoms with van der Waals surface area (Å²) in [6.45, 7) is 4.24. The molecule has 5 nitrogen and oxygen atoms in total. The monoisotopic (exact) mass is 461 g/mol. The summed E-state index contributed by atoms with van der Waals surface area (Å²) < 4.78 is 18.0. The molecule has 0 aliphatic heterocycles. The first-order valence-corrected chi connectivity index (χ1v) is 12.5. The lowest BCUT2D eigenvalue weighted by Gasteiger charge is -2.59. The highest BCUT2D eigenvalue weighted by Gasteiger charge is 2.63. The molecule has 4 aliphatic rings. The number of fused-ring (bicyclic) bond motifs is 5. The lowest BCUT2D eigenvalue weighted by atomic mass is 9.48. The summed E-state index contributed by atoms with van der Waals surface area (Å²) in [4.78, 5) is 13.3. The summed E-state index contributed by atoms with van der Waals surface area (Å²) >= 11 is 5.97. The molecule has 1 aromatic rings. The van der Waals surface area contributed by atoms with Gasteiger partial charge in [-0.1, -0.05) is 18.5 Å². The van der Waals surface area contributed by atoms with Gasteiger partial charge in [-0.2, -0.15) is 10.4 Å². The molecule has 4 fully saturated rings. The van der Waals surface area contributed by atoms with E-state index in [0.29, 0.717) is 31.1 Å². The second-order valence-corrected chi connectivity index (χ2v) is 11.9. The molecular weight excluding hydrogens is 429 g/mol. The van der Waals surface area contributed by atoms with Gasteiger partial charge in [-0.15, -0.1) is 0 Å². The molecule has 0 spiro atoms. The number of ketones is 1. The molecule has 1 unspecified atom stereocenters. The van der Waals surface area contributed by atoms with Crippen molar-refractivity contribution in [2.75, 3.05) is 0 Å². The Labute approximate surface area is 194 Å². The molecule has 4 aliphatic carbocycles. The van der Waals surface area contributed by atoms with Crippen molar-refractivity contribution in [3.63, 3.8) is 0 Å². The van der Waals surface area contributed by atoms with E-state index in [4.69, 9.17) is 16.9 Å². The van der Waals surface area contributed by atoms with Crippen LogP contribution in [0.15, 0.2) is 6.20 Å². The van der Waals surface area contributed by atoms with Crippen LogP contribution in [0.4, 0.5) is 4.39 Å². The lowest BCUT2D eigenvalue weighted by molar-refractivity contribution is -0.166. The minimum Gasteiger partial charge on any atom is -0.390 e. The molecule has 0 aromatic carbocycles. The minimum atomic E-state index is -1.16. The second kappa shape index (κ2) is 7.53. The van der Waals surface area contributed by atoms with Gasteiger partial charge in [0.25, 0.3) is 0 Å². The molecule has 1 aromatic heterocycles. The Bertz CT molecular complexity index is 971. The van der Waals surface area contributed by atoms with Crippen LogP contribution >= 0.6 is 11.6 Å². The quantitative estimate of drug-likeness (QED) is 0.680. The van der Waals surface area contributed by atoms with E-state index in [1.54, 1.807) is 0 Å². The van der Waals surface area contributed by atoms with E-state index in [2.05, 4.69) is 12.0 Å². The van der Waals surface area contributed by atoms with Crippen LogP contribution in [-0.2, 0) is 11.3 Å². The van der Waals surface area contributed by atoms with E-state index in [1.165, 1.54) is 10.9 Å². The molecule has 0 amide bonds. The van der Waals surface area contributed by atoms with Gasteiger partial charge in [0.15, 0.2) is 10.9 Å². The first-order chi connectivity index (χ1) is 15.1. The number of aromatic nitrogens is 2. The summed E-state index contributed by atoms with van der Waals surface area (Å²) in [7, 11) is 0. The topological polar surface area (TPSA) is 78.9 Å². The number of aliphatic hydroxyl groups is 1. The maximum atomic E-state index is 16.5. The number of alkyl halides is 1. The van der Waals surface area contributed by atoms with Crippen LogP contribution in [0, 0.1) is 46.3 Å². The van der Waals surface area contributed by atoms with Crippen molar-refractivity contribution in [3.05, 3.63) is 16.9 Å². The van der Waals surface area contributed by atoms with Gasteiger partial charge < -0.3 is 5.11 Å². The fourth-order valence-corrected chi connectivity index (χ4v) is 8.52. The second-order valence-electron chi connectivity index (χ2n) is 11.6. The summed E-state index contributed by atoms with van der Waals surface area (Å²) in [5.41, 5.74) is -1.71. The molecule has 1 heterocycles. The first kappa shape index (κ1) is 22.3. The Hall–Kier alpha value is -1.45. The van der Waals surface area contributed by atoms with Gasteiger partial charge in [0.1, 0.15) is 17.3 Å². The van der Waals surface area contributed by atoms with Gasteiger partial charge in [-0.25, -0.2) is 4.39 Å². The van der Waals surface area contributed by atoms with Crippen molar-refractivity contribution < 1.29 is 14.3 Å². The molecule has 5 rings (SSSR count). The van der Waals surface area contributed by atoms with Crippen LogP contribution in [0.1, 0.15) is 77.2 Å². The van der Waals surface area contributed by atoms with Gasteiger partial charge in [0.05, 0.1) is 12.1 Å². The van der Waals surface area contributed by atoms with E-state index in [9.17, 15) is 9.90 Å². The molecule has 0 bridgehead atoms. The first-order valence-electron chi connectivity index (χ1n) is 12.1. The van der Waals surface area contributed by atoms with Gasteiger partial charge >= 0.3 is 0 Å². The van der Waals surface area contributed by atoms with Crippen LogP contribution in [0.5, 0.6) is 0 Å². The number of halogens is 2. The Morgan fingerprint density at radius 2 is 2.03 bits per heavy atom. The zero-order valence-corrected chi connectivity index (χ0v) is 19.7. The maximum Gasteiger partial charge on any atom is 0.168 e. The summed E-state index contributed by atoms with van der Waals surface area (Å²) in [6.07, 6.45) is 8.54. The zero-order valence-electron chi connectivity index (χ0n) is 19.0. The highest BCUT2D eigenvalue weighted by atomic mass is 35.5. The van der Waals surface area contributed by atoms with Crippen molar-refractivity contribution >= 4 is 17.4 Å². The van der Waals surface area contributed by atoms with Crippen molar-refractivity contribution in [1.82, 2.24) is 9.78 Å². The normalized spacial score (nSPS) is 45.4. The molecule has 174 valence electrons. The Morgan fingerprint density at radius 1 is 1.25 bits per heavy atom. The average Bonchev–Trinajstić information content (AvgIpc) is 3.27. The van der Waals surface area contributed by atoms with E-state index in [1.807, 2.05) is 13.0 Å². The number of nitriles is 1. The molecule has 0 saturated heterocycles. The van der Waals surface area contributed by atoms with Crippen LogP contribution in [0.2, 0.25) is 5.15 Å². The molecule has 0 radical (unpaired) electrons. The van der Waals surface area contributed by atoms with Crippen molar-refractivity contribution in [2.45, 2.75) is 89.4 Å². The standard InChI is InChI=1S/C25H33ClFN3O2/c1-23(32)9-10-25(27)16(11-23)3-4-17-18-5-6-20(24(18,2)8-7-19(17)25)21(31)14-30-13-15(12-28)22(26)29-30/h13,16-20,32H,3-11,14H2,1-2H3/t16-,17+,18+,19?,20-,23-,24+,25-/m1/s1. The third-order valence-corrected chi connectivity index (χ3v) is 10.1. The highest BCUT2D eigenvalue weighted by Crippen LogP contribution is 2.66. The largest absolute Gasteiger partial charge is 0.390 e. The zero-order chi connectivity index (χ0) is 22.9. The van der Waals surface area contributed by atoms with Crippen LogP contribution in [0.3, 0.4) is 0 Å². The number of carbonyl (C=O) groups is 1. The van der Waals surface area contributed by atoms with Crippen molar-refractivity contribution in [2.24, 2.45) is 35.0 Å². The number of carbonyl (C=O) groups excluding carboxylic acids is 1. The maximum absolute atomic E-state index is 16.5. The fraction of sp³-hybridized carbons (Fsp3) is 0.800. The van der Waals surface area contributed by atoms with Crippen LogP contribution in [-0.4, -0.2) is 31.9 Å². The predicted octanol–water partition coefficient (Wildman–Crippen LogP) is 5.09. The van der Waals surface area contributed by atoms with Gasteiger partial charge in [0.2, 0.25) is 0 Å². The fourth-order valence-electron chi connectivity index (χ4n) is 8.33. The lowest BCUT2D eigenvalue weighted by Crippen LogP contribution is -2.58. The molecule has 1 N–H and O–H groups in total. The van der Waals surface area contributed by atoms with Crippen molar-refractivity contribution in [3.8, 4) is 6.07 Å². The van der Waals surface area contributed by atoms with E-state index in [0.717, 1.165) is 38.5 Å². The minimum absolute atomic E-state index is 0.0328. The third kappa shape index (κ3) is 3.34. The van der Waals surface area contributed by atoms with Crippen LogP contribution < -0.4 is 0 Å². The molecule has 8 atom stereocenters. The average molecular weight is 462 g/mol. The van der Waals surface area contributed by atoms with E-state index < -0.39 is 11.3 Å². The van der Waals surface area contributed by atoms with E-state index >= 15 is 4.39 Å². The number of hydrogen-bond donors (Lipinski definition) is 1. The molecule has 32 heavy (non-hydrogen) atoms. The summed E-state index contributed by atoms with van der Waals surface area (Å²) in [6, 6.07) is 2.00. The Morgan fingerprint density at radius 3 is 2.75 bits per heavy atom. The van der Waals surface area contributed by atoms with Crippen molar-refractivity contribution in [1.29, 1.82) is 5.26 Å². The SMILES string of the molecule is C[C@@]1(O)CC[C@]2(F)C3CC[C@]4(C)[C@@H](C(=O)Cn5cc(C#N)c(Cl)n5)CC[C@H]4[C@@H]3CC[C@@H]2C1. The smallest absolute Gasteiger partial charge is 0.168 e. The van der Waals surface area contributed by atoms with Gasteiger partial charge in [-0.05, 0) is 93.8 Å². The Kier molecular flexibility index (Phi) is 5.26. The van der Waals surface area contributed by atoms with Gasteiger partial charge in [0, 0.05) is 12.1 Å². The summed E-state index contributed by atoms with van der Waals surface area (Å²) in [5.74, 6) is 0.834. The number of Topliss-reactive ketones (excluding diaryl/α,β-unsaturated/α-hetero) is 1. The number of hydrogen-bond acceptors (Lipinski definition) is 4. The molecular formula is C25H33ClFN3O2. The highest BCUT2D eigenvalue weighted by molar-refractivity contribution is 6.30. The van der Waals surface area contributed by atoms with E-state index in [-0.39, 0.29) is 46.2 Å². The predicted molar refractivity (Wildman–Crippen MR) is 119 cm³/mol. The number of rotatable bonds is 3. The van der Waals surface area contributed by atoms with Gasteiger partial charge in [-0.3, -0.25) is 9.48 Å². The third-order valence-electron chi connectivity index (χ3n) is 9.86.